The van der Waals surface area contributed by atoms with E-state index in [9.17, 15) is 9.59 Å². The van der Waals surface area contributed by atoms with Crippen molar-refractivity contribution >= 4 is 17.6 Å². The average Bonchev–Trinajstić information content (AvgIpc) is 3.22. The molecule has 0 radical (unpaired) electrons. The van der Waals surface area contributed by atoms with Crippen LogP contribution in [-0.4, -0.2) is 43.0 Å². The van der Waals surface area contributed by atoms with Crippen LogP contribution in [0.25, 0.3) is 0 Å². The van der Waals surface area contributed by atoms with Crippen molar-refractivity contribution in [3.05, 3.63) is 29.8 Å². The van der Waals surface area contributed by atoms with Gasteiger partial charge in [-0.3, -0.25) is 4.79 Å². The first-order chi connectivity index (χ1) is 13.1. The van der Waals surface area contributed by atoms with Gasteiger partial charge in [-0.05, 0) is 68.3 Å². The Bertz CT molecular complexity index is 637. The van der Waals surface area contributed by atoms with E-state index in [1.807, 2.05) is 29.2 Å². The third kappa shape index (κ3) is 5.96. The molecule has 2 aliphatic rings. The predicted octanol–water partition coefficient (Wildman–Crippen LogP) is 2.96. The third-order valence-corrected chi connectivity index (χ3v) is 5.76. The Kier molecular flexibility index (Phi) is 7.10. The Morgan fingerprint density at radius 2 is 1.96 bits per heavy atom. The molecule has 3 rings (SSSR count). The second-order valence-electron chi connectivity index (χ2n) is 7.87. The van der Waals surface area contributed by atoms with Gasteiger partial charge >= 0.3 is 6.03 Å². The number of amides is 3. The molecule has 2 fully saturated rings. The van der Waals surface area contributed by atoms with Crippen molar-refractivity contribution in [2.45, 2.75) is 45.6 Å². The summed E-state index contributed by atoms with van der Waals surface area (Å²) < 4.78 is 0. The molecule has 1 aromatic carbocycles. The first-order valence-electron chi connectivity index (χ1n) is 10.2. The quantitative estimate of drug-likeness (QED) is 0.719. The Hall–Kier alpha value is -2.08. The maximum Gasteiger partial charge on any atom is 0.321 e. The second kappa shape index (κ2) is 9.74. The van der Waals surface area contributed by atoms with Crippen LogP contribution in [0, 0.1) is 11.8 Å². The highest BCUT2D eigenvalue weighted by molar-refractivity contribution is 5.89. The van der Waals surface area contributed by atoms with E-state index < -0.39 is 0 Å². The van der Waals surface area contributed by atoms with E-state index in [-0.39, 0.29) is 11.9 Å². The number of carbonyl (C=O) groups is 2. The summed E-state index contributed by atoms with van der Waals surface area (Å²) in [5, 5.41) is 9.35. The van der Waals surface area contributed by atoms with Gasteiger partial charge in [0, 0.05) is 31.7 Å². The summed E-state index contributed by atoms with van der Waals surface area (Å²) in [5.41, 5.74) is 1.78. The molecule has 6 nitrogen and oxygen atoms in total. The monoisotopic (exact) mass is 372 g/mol. The largest absolute Gasteiger partial charge is 0.352 e. The van der Waals surface area contributed by atoms with Crippen LogP contribution >= 0.6 is 0 Å². The van der Waals surface area contributed by atoms with Crippen LogP contribution in [0.15, 0.2) is 24.3 Å². The fourth-order valence-electron chi connectivity index (χ4n) is 4.03. The van der Waals surface area contributed by atoms with E-state index in [0.717, 1.165) is 63.1 Å². The topological polar surface area (TPSA) is 73.5 Å². The molecule has 0 spiro atoms. The van der Waals surface area contributed by atoms with Crippen molar-refractivity contribution in [3.8, 4) is 0 Å². The molecule has 27 heavy (non-hydrogen) atoms. The first kappa shape index (κ1) is 19.7. The number of nitrogens with zero attached hydrogens (tertiary/aromatic N) is 1. The Labute approximate surface area is 162 Å². The van der Waals surface area contributed by atoms with E-state index in [0.29, 0.717) is 24.8 Å². The molecule has 0 saturated carbocycles. The van der Waals surface area contributed by atoms with Gasteiger partial charge in [0.15, 0.2) is 0 Å². The highest BCUT2D eigenvalue weighted by atomic mass is 16.2. The third-order valence-electron chi connectivity index (χ3n) is 5.76. The Morgan fingerprint density at radius 3 is 2.70 bits per heavy atom. The van der Waals surface area contributed by atoms with Gasteiger partial charge < -0.3 is 20.9 Å². The summed E-state index contributed by atoms with van der Waals surface area (Å²) in [6, 6.07) is 7.67. The maximum atomic E-state index is 12.3. The van der Waals surface area contributed by atoms with Crippen LogP contribution in [0.2, 0.25) is 0 Å². The molecule has 3 N–H and O–H groups in total. The normalized spacial score (nSPS) is 18.9. The van der Waals surface area contributed by atoms with Gasteiger partial charge in [0.1, 0.15) is 0 Å². The number of likely N-dealkylation sites (tertiary alicyclic amines) is 1. The van der Waals surface area contributed by atoms with Gasteiger partial charge in [-0.15, -0.1) is 0 Å². The molecule has 1 atom stereocenters. The van der Waals surface area contributed by atoms with E-state index in [1.165, 1.54) is 0 Å². The minimum atomic E-state index is -0.0375. The molecule has 2 aliphatic heterocycles. The minimum absolute atomic E-state index is 0.0375. The molecule has 0 aromatic heterocycles. The molecule has 3 amide bonds. The molecular formula is C21H32N4O2. The van der Waals surface area contributed by atoms with Crippen LogP contribution in [0.3, 0.4) is 0 Å². The number of benzene rings is 1. The number of nitrogens with one attached hydrogen (secondary N) is 3. The molecule has 2 heterocycles. The van der Waals surface area contributed by atoms with Gasteiger partial charge in [0.25, 0.3) is 0 Å². The average molecular weight is 373 g/mol. The zero-order valence-corrected chi connectivity index (χ0v) is 16.3. The minimum Gasteiger partial charge on any atom is -0.352 e. The lowest BCUT2D eigenvalue weighted by Gasteiger charge is -2.27. The molecule has 0 bridgehead atoms. The summed E-state index contributed by atoms with van der Waals surface area (Å²) in [7, 11) is 0. The molecule has 1 aromatic rings. The highest BCUT2D eigenvalue weighted by Crippen LogP contribution is 2.24. The summed E-state index contributed by atoms with van der Waals surface area (Å²) >= 11 is 0. The summed E-state index contributed by atoms with van der Waals surface area (Å²) in [6.07, 6.45) is 5.06. The van der Waals surface area contributed by atoms with Crippen LogP contribution in [0.5, 0.6) is 0 Å². The van der Waals surface area contributed by atoms with Gasteiger partial charge in [0.2, 0.25) is 5.91 Å². The molecule has 0 aliphatic carbocycles. The zero-order chi connectivity index (χ0) is 19.1. The number of hydrogen-bond acceptors (Lipinski definition) is 3. The van der Waals surface area contributed by atoms with E-state index in [2.05, 4.69) is 22.9 Å². The van der Waals surface area contributed by atoms with E-state index in [4.69, 9.17) is 0 Å². The lowest BCUT2D eigenvalue weighted by atomic mass is 9.84. The summed E-state index contributed by atoms with van der Waals surface area (Å²) in [4.78, 5) is 26.4. The standard InChI is InChI=1S/C21H32N4O2/c1-16(18-7-9-22-10-8-18)13-20(26)23-15-17-5-4-6-19(14-17)24-21(27)25-11-2-3-12-25/h4-6,14,16,18,22H,2-3,7-13,15H2,1H3,(H,23,26)(H,24,27). The lowest BCUT2D eigenvalue weighted by Crippen LogP contribution is -2.33. The molecule has 148 valence electrons. The van der Waals surface area contributed by atoms with Gasteiger partial charge in [-0.2, -0.15) is 0 Å². The van der Waals surface area contributed by atoms with Crippen molar-refractivity contribution in [2.75, 3.05) is 31.5 Å². The van der Waals surface area contributed by atoms with Crippen LogP contribution in [0.1, 0.15) is 44.6 Å². The second-order valence-corrected chi connectivity index (χ2v) is 7.87. The fraction of sp³-hybridized carbons (Fsp3) is 0.619. The Morgan fingerprint density at radius 1 is 1.22 bits per heavy atom. The number of rotatable bonds is 6. The summed E-state index contributed by atoms with van der Waals surface area (Å²) in [6.45, 7) is 6.46. The number of hydrogen-bond donors (Lipinski definition) is 3. The molecule has 2 saturated heterocycles. The number of urea groups is 1. The zero-order valence-electron chi connectivity index (χ0n) is 16.3. The number of anilines is 1. The van der Waals surface area contributed by atoms with Crippen LogP contribution in [0.4, 0.5) is 10.5 Å². The molecular weight excluding hydrogens is 340 g/mol. The predicted molar refractivity (Wildman–Crippen MR) is 107 cm³/mol. The van der Waals surface area contributed by atoms with E-state index in [1.54, 1.807) is 0 Å². The van der Waals surface area contributed by atoms with Crippen molar-refractivity contribution in [1.82, 2.24) is 15.5 Å². The SMILES string of the molecule is CC(CC(=O)NCc1cccc(NC(=O)N2CCCC2)c1)C1CCNCC1. The number of carbonyl (C=O) groups excluding carboxylic acids is 2. The lowest BCUT2D eigenvalue weighted by molar-refractivity contribution is -0.122. The van der Waals surface area contributed by atoms with Crippen molar-refractivity contribution in [2.24, 2.45) is 11.8 Å². The van der Waals surface area contributed by atoms with Crippen molar-refractivity contribution in [1.29, 1.82) is 0 Å². The van der Waals surface area contributed by atoms with E-state index >= 15 is 0 Å². The smallest absolute Gasteiger partial charge is 0.321 e. The maximum absolute atomic E-state index is 12.3. The van der Waals surface area contributed by atoms with Gasteiger partial charge in [-0.25, -0.2) is 4.79 Å². The van der Waals surface area contributed by atoms with Crippen molar-refractivity contribution < 1.29 is 9.59 Å². The van der Waals surface area contributed by atoms with Gasteiger partial charge in [-0.1, -0.05) is 19.1 Å². The highest BCUT2D eigenvalue weighted by Gasteiger charge is 2.22. The fourth-order valence-corrected chi connectivity index (χ4v) is 4.03. The van der Waals surface area contributed by atoms with Crippen LogP contribution in [-0.2, 0) is 11.3 Å². The Balaban J connectivity index is 1.44. The number of piperidine rings is 1. The van der Waals surface area contributed by atoms with Gasteiger partial charge in [0.05, 0.1) is 0 Å². The molecule has 6 heteroatoms. The van der Waals surface area contributed by atoms with Crippen LogP contribution < -0.4 is 16.0 Å². The van der Waals surface area contributed by atoms with Crippen molar-refractivity contribution in [3.63, 3.8) is 0 Å². The summed E-state index contributed by atoms with van der Waals surface area (Å²) in [5.74, 6) is 1.16. The molecule has 1 unspecified atom stereocenters. The first-order valence-corrected chi connectivity index (χ1v) is 10.2.